The molecular weight excluding hydrogens is 396 g/mol. The predicted molar refractivity (Wildman–Crippen MR) is 73.9 cm³/mol. The van der Waals surface area contributed by atoms with E-state index in [-0.39, 0.29) is 31.6 Å². The van der Waals surface area contributed by atoms with Crippen LogP contribution in [0.25, 0.3) is 0 Å². The van der Waals surface area contributed by atoms with Gasteiger partial charge in [-0.15, -0.1) is 0 Å². The molecule has 1 rings (SSSR count). The van der Waals surface area contributed by atoms with Crippen LogP contribution in [0.4, 0.5) is 0 Å². The van der Waals surface area contributed by atoms with Gasteiger partial charge in [0.1, 0.15) is 23.3 Å². The Labute approximate surface area is 131 Å². The quantitative estimate of drug-likeness (QED) is 0.557. The van der Waals surface area contributed by atoms with Crippen LogP contribution in [0.15, 0.2) is 8.95 Å². The van der Waals surface area contributed by atoms with Gasteiger partial charge in [0.2, 0.25) is 0 Å². The van der Waals surface area contributed by atoms with Gasteiger partial charge in [0, 0.05) is 13.8 Å². The minimum Gasteiger partial charge on any atom is -0.424 e. The second kappa shape index (κ2) is 6.51. The molecule has 0 atom stereocenters. The summed E-state index contributed by atoms with van der Waals surface area (Å²) in [6, 6.07) is 3.52. The fourth-order valence-corrected chi connectivity index (χ4v) is 2.26. The molecule has 0 fully saturated rings. The Bertz CT molecular complexity index is 627. The third-order valence-electron chi connectivity index (χ3n) is 2.01. The van der Waals surface area contributed by atoms with Crippen molar-refractivity contribution in [2.45, 2.75) is 13.8 Å². The van der Waals surface area contributed by atoms with E-state index in [0.29, 0.717) is 0 Å². The highest BCUT2D eigenvalue weighted by molar-refractivity contribution is 9.13. The summed E-state index contributed by atoms with van der Waals surface area (Å²) in [5.74, 6) is -1.53. The summed E-state index contributed by atoms with van der Waals surface area (Å²) in [6.07, 6.45) is 0. The Morgan fingerprint density at radius 1 is 0.900 bits per heavy atom. The molecule has 0 saturated heterocycles. The van der Waals surface area contributed by atoms with E-state index >= 15 is 0 Å². The minimum atomic E-state index is -0.654. The van der Waals surface area contributed by atoms with Crippen LogP contribution in [0.1, 0.15) is 25.0 Å². The van der Waals surface area contributed by atoms with E-state index in [1.54, 1.807) is 12.1 Å². The first kappa shape index (κ1) is 16.2. The van der Waals surface area contributed by atoms with E-state index in [0.717, 1.165) is 13.8 Å². The molecule has 0 aliphatic rings. The number of rotatable bonds is 2. The fourth-order valence-electron chi connectivity index (χ4n) is 1.34. The number of benzene rings is 1. The predicted octanol–water partition coefficient (Wildman–Crippen LogP) is 2.81. The summed E-state index contributed by atoms with van der Waals surface area (Å²) in [7, 11) is 0. The molecule has 102 valence electrons. The van der Waals surface area contributed by atoms with Crippen LogP contribution in [0.3, 0.4) is 0 Å². The number of hydrogen-bond acceptors (Lipinski definition) is 6. The lowest BCUT2D eigenvalue weighted by Gasteiger charge is -2.14. The average molecular weight is 402 g/mol. The van der Waals surface area contributed by atoms with Crippen molar-refractivity contribution in [1.29, 1.82) is 10.5 Å². The van der Waals surface area contributed by atoms with E-state index < -0.39 is 11.9 Å². The van der Waals surface area contributed by atoms with Gasteiger partial charge in [0.15, 0.2) is 11.5 Å². The Morgan fingerprint density at radius 2 is 1.20 bits per heavy atom. The minimum absolute atomic E-state index is 0.112. The number of halogens is 2. The molecule has 0 spiro atoms. The van der Waals surface area contributed by atoms with Gasteiger partial charge in [-0.3, -0.25) is 9.59 Å². The fraction of sp³-hybridized carbons (Fsp3) is 0.167. The molecule has 0 unspecified atom stereocenters. The maximum atomic E-state index is 11.1. The van der Waals surface area contributed by atoms with Gasteiger partial charge in [-0.1, -0.05) is 0 Å². The van der Waals surface area contributed by atoms with Crippen LogP contribution in [-0.2, 0) is 9.59 Å². The number of carbonyl (C=O) groups excluding carboxylic acids is 2. The van der Waals surface area contributed by atoms with Crippen molar-refractivity contribution in [1.82, 2.24) is 0 Å². The molecule has 1 aromatic carbocycles. The third kappa shape index (κ3) is 3.16. The lowest BCUT2D eigenvalue weighted by Crippen LogP contribution is -2.09. The maximum absolute atomic E-state index is 11.1. The molecule has 0 heterocycles. The molecule has 0 saturated carbocycles. The number of ether oxygens (including phenoxy) is 2. The van der Waals surface area contributed by atoms with Crippen LogP contribution >= 0.6 is 31.9 Å². The first-order valence-corrected chi connectivity index (χ1v) is 6.64. The summed E-state index contributed by atoms with van der Waals surface area (Å²) in [6.45, 7) is 2.32. The largest absolute Gasteiger partial charge is 0.424 e. The zero-order chi connectivity index (χ0) is 15.4. The molecule has 0 radical (unpaired) electrons. The van der Waals surface area contributed by atoms with Crippen LogP contribution in [0.2, 0.25) is 0 Å². The van der Waals surface area contributed by atoms with E-state index in [1.165, 1.54) is 0 Å². The van der Waals surface area contributed by atoms with Crippen LogP contribution in [-0.4, -0.2) is 11.9 Å². The summed E-state index contributed by atoms with van der Waals surface area (Å²) >= 11 is 6.26. The number of carbonyl (C=O) groups is 2. The molecule has 8 heteroatoms. The zero-order valence-corrected chi connectivity index (χ0v) is 13.5. The second-order valence-electron chi connectivity index (χ2n) is 3.45. The molecule has 0 aromatic heterocycles. The Balaban J connectivity index is 3.73. The SMILES string of the molecule is CC(=O)Oc1c(Br)c(Br)c(OC(C)=O)c(C#N)c1C#N. The Kier molecular flexibility index (Phi) is 5.26. The Morgan fingerprint density at radius 3 is 1.40 bits per heavy atom. The molecule has 0 bridgehead atoms. The van der Waals surface area contributed by atoms with Crippen LogP contribution in [0.5, 0.6) is 11.5 Å². The van der Waals surface area contributed by atoms with Gasteiger partial charge in [-0.2, -0.15) is 10.5 Å². The molecule has 20 heavy (non-hydrogen) atoms. The third-order valence-corrected chi connectivity index (χ3v) is 4.06. The molecule has 0 aliphatic heterocycles. The second-order valence-corrected chi connectivity index (χ2v) is 5.03. The summed E-state index contributed by atoms with van der Waals surface area (Å²) in [5.41, 5.74) is -0.400. The summed E-state index contributed by atoms with van der Waals surface area (Å²) < 4.78 is 10.2. The van der Waals surface area contributed by atoms with Gasteiger partial charge >= 0.3 is 11.9 Å². The molecule has 0 amide bonds. The number of nitrogens with zero attached hydrogens (tertiary/aromatic N) is 2. The monoisotopic (exact) mass is 400 g/mol. The van der Waals surface area contributed by atoms with Gasteiger partial charge in [-0.25, -0.2) is 0 Å². The number of nitriles is 2. The van der Waals surface area contributed by atoms with Crippen LogP contribution in [0, 0.1) is 22.7 Å². The standard InChI is InChI=1S/C12H6Br2N2O4/c1-5(17)19-11-7(3-15)8(4-16)12(20-6(2)18)10(14)9(11)13/h1-2H3. The molecule has 1 aromatic rings. The molecule has 0 aliphatic carbocycles. The average Bonchev–Trinajstić information content (AvgIpc) is 2.37. The number of hydrogen-bond donors (Lipinski definition) is 0. The highest BCUT2D eigenvalue weighted by Crippen LogP contribution is 2.45. The highest BCUT2D eigenvalue weighted by atomic mass is 79.9. The zero-order valence-electron chi connectivity index (χ0n) is 10.3. The van der Waals surface area contributed by atoms with E-state index in [9.17, 15) is 9.59 Å². The van der Waals surface area contributed by atoms with Crippen molar-refractivity contribution in [3.05, 3.63) is 20.1 Å². The van der Waals surface area contributed by atoms with Crippen molar-refractivity contribution in [3.63, 3.8) is 0 Å². The van der Waals surface area contributed by atoms with Crippen molar-refractivity contribution in [3.8, 4) is 23.6 Å². The number of esters is 2. The summed E-state index contributed by atoms with van der Waals surface area (Å²) in [4.78, 5) is 22.1. The highest BCUT2D eigenvalue weighted by Gasteiger charge is 2.26. The van der Waals surface area contributed by atoms with Gasteiger partial charge < -0.3 is 9.47 Å². The topological polar surface area (TPSA) is 100 Å². The van der Waals surface area contributed by atoms with Crippen molar-refractivity contribution in [2.75, 3.05) is 0 Å². The Hall–Kier alpha value is -1.90. The maximum Gasteiger partial charge on any atom is 0.308 e. The first-order chi connectivity index (χ1) is 9.33. The van der Waals surface area contributed by atoms with E-state index in [2.05, 4.69) is 31.9 Å². The normalized spacial score (nSPS) is 9.30. The molecule has 0 N–H and O–H groups in total. The lowest BCUT2D eigenvalue weighted by atomic mass is 10.1. The van der Waals surface area contributed by atoms with Crippen LogP contribution < -0.4 is 9.47 Å². The van der Waals surface area contributed by atoms with Gasteiger partial charge in [0.25, 0.3) is 0 Å². The van der Waals surface area contributed by atoms with Crippen molar-refractivity contribution in [2.24, 2.45) is 0 Å². The van der Waals surface area contributed by atoms with Gasteiger partial charge in [0.05, 0.1) is 8.95 Å². The van der Waals surface area contributed by atoms with E-state index in [1.807, 2.05) is 0 Å². The van der Waals surface area contributed by atoms with Crippen molar-refractivity contribution >= 4 is 43.8 Å². The first-order valence-electron chi connectivity index (χ1n) is 5.05. The summed E-state index contributed by atoms with van der Waals surface area (Å²) in [5, 5.41) is 18.3. The smallest absolute Gasteiger partial charge is 0.308 e. The van der Waals surface area contributed by atoms with Gasteiger partial charge in [-0.05, 0) is 31.9 Å². The molecule has 6 nitrogen and oxygen atoms in total. The lowest BCUT2D eigenvalue weighted by molar-refractivity contribution is -0.133. The molecular formula is C12H6Br2N2O4. The van der Waals surface area contributed by atoms with E-state index in [4.69, 9.17) is 20.0 Å². The van der Waals surface area contributed by atoms with Crippen molar-refractivity contribution < 1.29 is 19.1 Å².